The molecular weight excluding hydrogens is 466 g/mol. The van der Waals surface area contributed by atoms with E-state index >= 15 is 0 Å². The number of likely N-dealkylation sites (N-methyl/N-ethyl adjacent to an activating group) is 1. The molecule has 1 aliphatic heterocycles. The second kappa shape index (κ2) is 14.0. The lowest BCUT2D eigenvalue weighted by Gasteiger charge is -2.32. The van der Waals surface area contributed by atoms with Gasteiger partial charge in [-0.25, -0.2) is 0 Å². The Balaban J connectivity index is 0.000000255. The molecule has 11 heteroatoms. The highest BCUT2D eigenvalue weighted by Gasteiger charge is 2.27. The van der Waals surface area contributed by atoms with E-state index < -0.39 is 18.1 Å². The molecule has 3 rings (SSSR count). The van der Waals surface area contributed by atoms with Crippen LogP contribution in [0.15, 0.2) is 36.5 Å². The standard InChI is InChI=1S/C15H16N2O2.C10H17N3O4/c1-10(2)13(9-18)17-15(19)14-12-6-4-3-5-11(12)7-8-16-14;1-13-3-2-11-5-8(13)10(17)12-7(6-14)4-9(15)16/h3-10,13H,1-2H3,(H,17,19);6-8,11H,2-5H2,1H3,(H,12,17)(H,15,16)/t;7-,8?/m.0/s1. The van der Waals surface area contributed by atoms with E-state index in [1.54, 1.807) is 6.20 Å². The quantitative estimate of drug-likeness (QED) is 0.355. The number of aldehydes is 2. The topological polar surface area (TPSA) is 158 Å². The van der Waals surface area contributed by atoms with Gasteiger partial charge in [0.05, 0.1) is 18.5 Å². The second-order valence-electron chi connectivity index (χ2n) is 8.81. The zero-order chi connectivity index (χ0) is 26.7. The minimum atomic E-state index is -1.11. The van der Waals surface area contributed by atoms with E-state index in [9.17, 15) is 24.0 Å². The lowest BCUT2D eigenvalue weighted by Crippen LogP contribution is -2.57. The summed E-state index contributed by atoms with van der Waals surface area (Å²) in [5.41, 5.74) is 0.352. The molecule has 1 aliphatic rings. The Kier molecular flexibility index (Phi) is 11.1. The van der Waals surface area contributed by atoms with Crippen LogP contribution in [0.25, 0.3) is 10.8 Å². The van der Waals surface area contributed by atoms with Gasteiger partial charge in [-0.15, -0.1) is 0 Å². The molecule has 0 bridgehead atoms. The predicted octanol–water partition coefficient (Wildman–Crippen LogP) is 0.237. The second-order valence-corrected chi connectivity index (χ2v) is 8.81. The van der Waals surface area contributed by atoms with Crippen molar-refractivity contribution in [1.82, 2.24) is 25.8 Å². The molecule has 194 valence electrons. The number of pyridine rings is 1. The molecule has 2 aromatic rings. The van der Waals surface area contributed by atoms with E-state index in [4.69, 9.17) is 5.11 Å². The SMILES string of the molecule is CC(C)C(C=O)NC(=O)c1nccc2ccccc12.CN1CCNCC1C(=O)N[C@H](C=O)CC(=O)O. The Labute approximate surface area is 209 Å². The summed E-state index contributed by atoms with van der Waals surface area (Å²) in [6.45, 7) is 5.82. The minimum Gasteiger partial charge on any atom is -0.481 e. The summed E-state index contributed by atoms with van der Waals surface area (Å²) in [5.74, 6) is -1.70. The summed E-state index contributed by atoms with van der Waals surface area (Å²) in [7, 11) is 1.82. The van der Waals surface area contributed by atoms with Crippen molar-refractivity contribution in [3.8, 4) is 0 Å². The van der Waals surface area contributed by atoms with Crippen LogP contribution in [-0.2, 0) is 19.2 Å². The molecule has 1 saturated heterocycles. The number of aliphatic carboxylic acids is 1. The average molecular weight is 500 g/mol. The van der Waals surface area contributed by atoms with Crippen molar-refractivity contribution in [3.05, 3.63) is 42.2 Å². The fraction of sp³-hybridized carbons (Fsp3) is 0.440. The van der Waals surface area contributed by atoms with Gasteiger partial charge in [0, 0.05) is 31.2 Å². The number of carbonyl (C=O) groups excluding carboxylic acids is 4. The van der Waals surface area contributed by atoms with Gasteiger partial charge in [0.1, 0.15) is 24.3 Å². The van der Waals surface area contributed by atoms with Gasteiger partial charge in [-0.1, -0.05) is 38.1 Å². The average Bonchev–Trinajstić information content (AvgIpc) is 2.86. The van der Waals surface area contributed by atoms with Crippen molar-refractivity contribution in [2.45, 2.75) is 38.4 Å². The molecule has 0 aliphatic carbocycles. The lowest BCUT2D eigenvalue weighted by molar-refractivity contribution is -0.139. The highest BCUT2D eigenvalue weighted by atomic mass is 16.4. The van der Waals surface area contributed by atoms with Crippen LogP contribution < -0.4 is 16.0 Å². The minimum absolute atomic E-state index is 0.0522. The molecule has 4 N–H and O–H groups in total. The van der Waals surface area contributed by atoms with E-state index in [1.165, 1.54) is 0 Å². The molecule has 0 spiro atoms. The number of hydrogen-bond donors (Lipinski definition) is 4. The number of carboxylic acids is 1. The van der Waals surface area contributed by atoms with Crippen LogP contribution >= 0.6 is 0 Å². The molecule has 2 amide bonds. The Morgan fingerprint density at radius 1 is 1.17 bits per heavy atom. The summed E-state index contributed by atoms with van der Waals surface area (Å²) in [4.78, 5) is 62.0. The molecule has 0 saturated carbocycles. The maximum Gasteiger partial charge on any atom is 0.305 e. The van der Waals surface area contributed by atoms with Gasteiger partial charge in [0.25, 0.3) is 5.91 Å². The number of carbonyl (C=O) groups is 5. The summed E-state index contributed by atoms with van der Waals surface area (Å²) in [5, 5.41) is 18.5. The normalized spacial score (nSPS) is 17.3. The van der Waals surface area contributed by atoms with Crippen LogP contribution in [-0.4, -0.2) is 90.2 Å². The first-order valence-electron chi connectivity index (χ1n) is 11.7. The highest BCUT2D eigenvalue weighted by molar-refractivity contribution is 6.05. The maximum atomic E-state index is 12.2. The van der Waals surface area contributed by atoms with Crippen molar-refractivity contribution < 1.29 is 29.1 Å². The maximum absolute atomic E-state index is 12.2. The Morgan fingerprint density at radius 2 is 1.89 bits per heavy atom. The Hall–Kier alpha value is -3.70. The number of piperazine rings is 1. The number of nitrogens with one attached hydrogen (secondary N) is 3. The molecule has 11 nitrogen and oxygen atoms in total. The number of aromatic nitrogens is 1. The highest BCUT2D eigenvalue weighted by Crippen LogP contribution is 2.16. The van der Waals surface area contributed by atoms with E-state index in [-0.39, 0.29) is 30.2 Å². The Morgan fingerprint density at radius 3 is 2.50 bits per heavy atom. The van der Waals surface area contributed by atoms with Gasteiger partial charge in [0.15, 0.2) is 0 Å². The molecule has 1 aromatic carbocycles. The first-order valence-corrected chi connectivity index (χ1v) is 11.7. The molecular formula is C25H33N5O6. The zero-order valence-electron chi connectivity index (χ0n) is 20.6. The molecule has 3 atom stereocenters. The molecule has 2 heterocycles. The van der Waals surface area contributed by atoms with Crippen LogP contribution in [0.3, 0.4) is 0 Å². The fourth-order valence-corrected chi connectivity index (χ4v) is 3.58. The molecule has 2 unspecified atom stereocenters. The molecule has 1 aromatic heterocycles. The first-order chi connectivity index (χ1) is 17.2. The number of rotatable bonds is 9. The van der Waals surface area contributed by atoms with Crippen LogP contribution in [0.4, 0.5) is 0 Å². The third-order valence-corrected chi connectivity index (χ3v) is 5.75. The zero-order valence-corrected chi connectivity index (χ0v) is 20.6. The predicted molar refractivity (Wildman–Crippen MR) is 133 cm³/mol. The number of carboxylic acid groups (broad SMARTS) is 1. The third kappa shape index (κ3) is 8.21. The van der Waals surface area contributed by atoms with Gasteiger partial charge < -0.3 is 30.6 Å². The van der Waals surface area contributed by atoms with Crippen LogP contribution in [0.1, 0.15) is 30.8 Å². The van der Waals surface area contributed by atoms with E-state index in [0.29, 0.717) is 18.5 Å². The molecule has 36 heavy (non-hydrogen) atoms. The van der Waals surface area contributed by atoms with Gasteiger partial charge in [0.2, 0.25) is 5.91 Å². The number of hydrogen-bond acceptors (Lipinski definition) is 8. The van der Waals surface area contributed by atoms with Crippen molar-refractivity contribution in [2.75, 3.05) is 26.7 Å². The van der Waals surface area contributed by atoms with Crippen molar-refractivity contribution in [1.29, 1.82) is 0 Å². The Bertz CT molecular complexity index is 1070. The van der Waals surface area contributed by atoms with Gasteiger partial charge in [-0.05, 0) is 24.4 Å². The smallest absolute Gasteiger partial charge is 0.305 e. The number of nitrogens with zero attached hydrogens (tertiary/aromatic N) is 2. The van der Waals surface area contributed by atoms with Gasteiger partial charge in [-0.3, -0.25) is 24.3 Å². The molecule has 1 fully saturated rings. The fourth-order valence-electron chi connectivity index (χ4n) is 3.58. The summed E-state index contributed by atoms with van der Waals surface area (Å²) >= 11 is 0. The van der Waals surface area contributed by atoms with Gasteiger partial charge in [-0.2, -0.15) is 0 Å². The van der Waals surface area contributed by atoms with Crippen LogP contribution in [0.5, 0.6) is 0 Å². The van der Waals surface area contributed by atoms with Crippen molar-refractivity contribution in [3.63, 3.8) is 0 Å². The number of amides is 2. The van der Waals surface area contributed by atoms with Crippen molar-refractivity contribution in [2.24, 2.45) is 5.92 Å². The number of benzene rings is 1. The molecule has 0 radical (unpaired) electrons. The summed E-state index contributed by atoms with van der Waals surface area (Å²) in [6, 6.07) is 7.58. The summed E-state index contributed by atoms with van der Waals surface area (Å²) in [6.07, 6.45) is 2.41. The monoisotopic (exact) mass is 499 g/mol. The summed E-state index contributed by atoms with van der Waals surface area (Å²) < 4.78 is 0. The van der Waals surface area contributed by atoms with Crippen molar-refractivity contribution >= 4 is 41.1 Å². The van der Waals surface area contributed by atoms with Gasteiger partial charge >= 0.3 is 5.97 Å². The van der Waals surface area contributed by atoms with Crippen LogP contribution in [0, 0.1) is 5.92 Å². The number of fused-ring (bicyclic) bond motifs is 1. The third-order valence-electron chi connectivity index (χ3n) is 5.75. The van der Waals surface area contributed by atoms with E-state index in [1.807, 2.05) is 56.1 Å². The van der Waals surface area contributed by atoms with Crippen LogP contribution in [0.2, 0.25) is 0 Å². The van der Waals surface area contributed by atoms with E-state index in [2.05, 4.69) is 20.9 Å². The lowest BCUT2D eigenvalue weighted by atomic mass is 10.1. The largest absolute Gasteiger partial charge is 0.481 e. The van der Waals surface area contributed by atoms with E-state index in [0.717, 1.165) is 30.1 Å². The first kappa shape index (κ1) is 28.5.